The van der Waals surface area contributed by atoms with Crippen LogP contribution in [0.25, 0.3) is 0 Å². The summed E-state index contributed by atoms with van der Waals surface area (Å²) in [5.41, 5.74) is 0. The molecule has 2 unspecified atom stereocenters. The number of aliphatic hydroxyl groups is 2. The normalized spacial score (nSPS) is 12.7. The molecule has 3 N–H and O–H groups in total. The number of unbranched alkanes of at least 4 members (excludes halogenated alkanes) is 46. The molecule has 0 saturated heterocycles. The van der Waals surface area contributed by atoms with Gasteiger partial charge in [-0.25, -0.2) is 0 Å². The van der Waals surface area contributed by atoms with Gasteiger partial charge in [0.2, 0.25) is 5.91 Å². The Hall–Kier alpha value is -1.66. The third kappa shape index (κ3) is 57.6. The fourth-order valence-electron chi connectivity index (χ4n) is 10.2. The van der Waals surface area contributed by atoms with Crippen LogP contribution in [0, 0.1) is 0 Å². The first-order valence-corrected chi connectivity index (χ1v) is 32.6. The van der Waals surface area contributed by atoms with Gasteiger partial charge in [0.25, 0.3) is 0 Å². The molecule has 6 nitrogen and oxygen atoms in total. The van der Waals surface area contributed by atoms with Crippen LogP contribution in [-0.4, -0.2) is 47.4 Å². The number of hydrogen-bond donors (Lipinski definition) is 3. The highest BCUT2D eigenvalue weighted by molar-refractivity contribution is 5.76. The molecular weight excluding hydrogens is 887 g/mol. The lowest BCUT2D eigenvalue weighted by atomic mass is 10.0. The molecule has 0 bridgehead atoms. The number of ether oxygens (including phenoxy) is 1. The summed E-state index contributed by atoms with van der Waals surface area (Å²) in [4.78, 5) is 24.6. The van der Waals surface area contributed by atoms with Crippen molar-refractivity contribution in [2.45, 2.75) is 373 Å². The lowest BCUT2D eigenvalue weighted by Gasteiger charge is -2.22. The molecule has 0 rings (SSSR count). The second-order valence-electron chi connectivity index (χ2n) is 22.4. The predicted octanol–water partition coefficient (Wildman–Crippen LogP) is 20.6. The van der Waals surface area contributed by atoms with Gasteiger partial charge in [-0.1, -0.05) is 295 Å². The number of hydrogen-bond acceptors (Lipinski definition) is 5. The molecule has 0 aromatic heterocycles. The quantitative estimate of drug-likeness (QED) is 0.0320. The Morgan fingerprint density at radius 3 is 0.986 bits per heavy atom. The van der Waals surface area contributed by atoms with Crippen LogP contribution in [0.4, 0.5) is 0 Å². The molecule has 0 spiro atoms. The zero-order valence-corrected chi connectivity index (χ0v) is 48.7. The van der Waals surface area contributed by atoms with Crippen molar-refractivity contribution in [3.63, 3.8) is 0 Å². The molecule has 0 heterocycles. The van der Waals surface area contributed by atoms with E-state index in [-0.39, 0.29) is 18.5 Å². The molecule has 0 aromatic carbocycles. The summed E-state index contributed by atoms with van der Waals surface area (Å²) in [6.07, 6.45) is 76.3. The van der Waals surface area contributed by atoms with E-state index >= 15 is 0 Å². The van der Waals surface area contributed by atoms with E-state index in [9.17, 15) is 19.8 Å². The average Bonchev–Trinajstić information content (AvgIpc) is 3.38. The van der Waals surface area contributed by atoms with Crippen molar-refractivity contribution < 1.29 is 24.5 Å². The van der Waals surface area contributed by atoms with Gasteiger partial charge in [-0.15, -0.1) is 0 Å². The Kier molecular flexibility index (Phi) is 60.5. The molecule has 426 valence electrons. The smallest absolute Gasteiger partial charge is 0.305 e. The van der Waals surface area contributed by atoms with Crippen molar-refractivity contribution in [1.29, 1.82) is 0 Å². The molecule has 6 heteroatoms. The van der Waals surface area contributed by atoms with Gasteiger partial charge in [0.05, 0.1) is 25.4 Å². The molecule has 0 fully saturated rings. The molecule has 0 aliphatic rings. The topological polar surface area (TPSA) is 95.9 Å². The number of aliphatic hydroxyl groups excluding tert-OH is 2. The third-order valence-corrected chi connectivity index (χ3v) is 15.2. The number of nitrogens with one attached hydrogen (secondary N) is 1. The van der Waals surface area contributed by atoms with Crippen molar-refractivity contribution in [3.05, 3.63) is 24.3 Å². The van der Waals surface area contributed by atoms with Crippen LogP contribution in [0.15, 0.2) is 24.3 Å². The predicted molar refractivity (Wildman–Crippen MR) is 315 cm³/mol. The van der Waals surface area contributed by atoms with Crippen molar-refractivity contribution in [2.24, 2.45) is 0 Å². The van der Waals surface area contributed by atoms with Crippen LogP contribution in [0.5, 0.6) is 0 Å². The Bertz CT molecular complexity index is 1120. The molecular formula is C66H127NO5. The molecule has 1 amide bonds. The lowest BCUT2D eigenvalue weighted by molar-refractivity contribution is -0.143. The molecule has 0 aromatic rings. The minimum Gasteiger partial charge on any atom is -0.466 e. The van der Waals surface area contributed by atoms with Gasteiger partial charge >= 0.3 is 5.97 Å². The minimum absolute atomic E-state index is 0.00971. The maximum atomic E-state index is 12.5. The van der Waals surface area contributed by atoms with E-state index in [1.165, 1.54) is 283 Å². The number of allylic oxidation sites excluding steroid dienone is 4. The fraction of sp³-hybridized carbons (Fsp3) is 0.909. The second kappa shape index (κ2) is 61.9. The first kappa shape index (κ1) is 70.3. The Morgan fingerprint density at radius 1 is 0.375 bits per heavy atom. The number of esters is 1. The molecule has 0 radical (unpaired) electrons. The van der Waals surface area contributed by atoms with Crippen LogP contribution >= 0.6 is 0 Å². The zero-order valence-electron chi connectivity index (χ0n) is 48.7. The summed E-state index contributed by atoms with van der Waals surface area (Å²) >= 11 is 0. The fourth-order valence-corrected chi connectivity index (χ4v) is 10.2. The lowest BCUT2D eigenvalue weighted by Crippen LogP contribution is -2.45. The first-order chi connectivity index (χ1) is 35.5. The molecule has 72 heavy (non-hydrogen) atoms. The standard InChI is InChI=1S/C66H127NO5/c1-3-5-7-9-11-13-15-17-19-28-32-36-40-44-48-52-56-60-66(71)72-61-57-53-49-45-41-37-33-30-27-25-23-21-20-22-24-26-29-31-35-39-43-47-51-55-59-65(70)67-63(62-68)64(69)58-54-50-46-42-38-34-18-16-14-12-10-8-6-4-2/h17,19,22,24,63-64,68-69H,3-16,18,20-21,23,25-62H2,1-2H3,(H,67,70)/b19-17-,24-22-. The van der Waals surface area contributed by atoms with Crippen molar-refractivity contribution in [1.82, 2.24) is 5.32 Å². The van der Waals surface area contributed by atoms with Crippen LogP contribution in [-0.2, 0) is 14.3 Å². The zero-order chi connectivity index (χ0) is 52.2. The Labute approximate surface area is 450 Å². The van der Waals surface area contributed by atoms with Crippen molar-refractivity contribution in [2.75, 3.05) is 13.2 Å². The molecule has 0 aliphatic carbocycles. The van der Waals surface area contributed by atoms with Gasteiger partial charge in [-0.2, -0.15) is 0 Å². The molecule has 0 saturated carbocycles. The first-order valence-electron chi connectivity index (χ1n) is 32.6. The second-order valence-corrected chi connectivity index (χ2v) is 22.4. The number of rotatable bonds is 61. The van der Waals surface area contributed by atoms with Gasteiger partial charge in [-0.3, -0.25) is 9.59 Å². The summed E-state index contributed by atoms with van der Waals surface area (Å²) < 4.78 is 5.49. The summed E-state index contributed by atoms with van der Waals surface area (Å²) in [6, 6.07) is -0.544. The minimum atomic E-state index is -0.666. The van der Waals surface area contributed by atoms with E-state index < -0.39 is 12.1 Å². The van der Waals surface area contributed by atoms with Gasteiger partial charge in [0.15, 0.2) is 0 Å². The summed E-state index contributed by atoms with van der Waals surface area (Å²) in [5, 5.41) is 23.3. The maximum absolute atomic E-state index is 12.5. The summed E-state index contributed by atoms with van der Waals surface area (Å²) in [5.74, 6) is -0.0281. The van der Waals surface area contributed by atoms with E-state index in [0.29, 0.717) is 25.9 Å². The maximum Gasteiger partial charge on any atom is 0.305 e. The highest BCUT2D eigenvalue weighted by Crippen LogP contribution is 2.18. The van der Waals surface area contributed by atoms with E-state index in [0.717, 1.165) is 44.9 Å². The van der Waals surface area contributed by atoms with Crippen molar-refractivity contribution >= 4 is 11.9 Å². The van der Waals surface area contributed by atoms with Crippen LogP contribution in [0.1, 0.15) is 361 Å². The van der Waals surface area contributed by atoms with Crippen LogP contribution in [0.3, 0.4) is 0 Å². The van der Waals surface area contributed by atoms with Gasteiger partial charge < -0.3 is 20.3 Å². The number of carbonyl (C=O) groups is 2. The summed E-state index contributed by atoms with van der Waals surface area (Å²) in [7, 11) is 0. The third-order valence-electron chi connectivity index (χ3n) is 15.2. The van der Waals surface area contributed by atoms with Gasteiger partial charge in [-0.05, 0) is 77.0 Å². The largest absolute Gasteiger partial charge is 0.466 e. The average molecular weight is 1010 g/mol. The van der Waals surface area contributed by atoms with E-state index in [1.807, 2.05) is 0 Å². The highest BCUT2D eigenvalue weighted by Gasteiger charge is 2.20. The monoisotopic (exact) mass is 1010 g/mol. The van der Waals surface area contributed by atoms with E-state index in [4.69, 9.17) is 4.74 Å². The van der Waals surface area contributed by atoms with Crippen LogP contribution < -0.4 is 5.32 Å². The van der Waals surface area contributed by atoms with E-state index in [2.05, 4.69) is 43.5 Å². The molecule has 0 aliphatic heterocycles. The Balaban J connectivity index is 3.38. The summed E-state index contributed by atoms with van der Waals surface area (Å²) in [6.45, 7) is 4.97. The molecule has 2 atom stereocenters. The van der Waals surface area contributed by atoms with Crippen molar-refractivity contribution in [3.8, 4) is 0 Å². The highest BCUT2D eigenvalue weighted by atomic mass is 16.5. The van der Waals surface area contributed by atoms with Gasteiger partial charge in [0.1, 0.15) is 0 Å². The van der Waals surface area contributed by atoms with E-state index in [1.54, 1.807) is 0 Å². The van der Waals surface area contributed by atoms with Crippen LogP contribution in [0.2, 0.25) is 0 Å². The number of carbonyl (C=O) groups excluding carboxylic acids is 2. The Morgan fingerprint density at radius 2 is 0.653 bits per heavy atom. The van der Waals surface area contributed by atoms with Gasteiger partial charge in [0, 0.05) is 12.8 Å². The SMILES string of the molecule is CCCCCCCC/C=C\CCCCCCCCCC(=O)OCCCCCCCCCCCCCC/C=C\CCCCCCCCCCC(=O)NC(CO)C(O)CCCCCCCCCCCCCCCC. The number of amides is 1.